The van der Waals surface area contributed by atoms with Crippen molar-refractivity contribution in [2.45, 2.75) is 19.0 Å². The minimum absolute atomic E-state index is 0.128. The lowest BCUT2D eigenvalue weighted by molar-refractivity contribution is 0.340. The highest BCUT2D eigenvalue weighted by molar-refractivity contribution is 7.80. The smallest absolute Gasteiger partial charge is 0.174 e. The molecule has 1 saturated heterocycles. The minimum atomic E-state index is -0.129. The van der Waals surface area contributed by atoms with Gasteiger partial charge < -0.3 is 24.3 Å². The molecule has 6 nitrogen and oxygen atoms in total. The van der Waals surface area contributed by atoms with Crippen LogP contribution in [0.15, 0.2) is 91.3 Å². The van der Waals surface area contributed by atoms with E-state index < -0.39 is 0 Å². The highest BCUT2D eigenvalue weighted by Crippen LogP contribution is 2.42. The third-order valence-corrected chi connectivity index (χ3v) is 6.25. The van der Waals surface area contributed by atoms with Crippen LogP contribution in [-0.2, 0) is 0 Å². The summed E-state index contributed by atoms with van der Waals surface area (Å²) in [4.78, 5) is 6.80. The molecular weight excluding hydrogens is 444 g/mol. The predicted molar refractivity (Wildman–Crippen MR) is 138 cm³/mol. The third-order valence-electron chi connectivity index (χ3n) is 5.94. The van der Waals surface area contributed by atoms with Gasteiger partial charge in [0.1, 0.15) is 17.5 Å². The fraction of sp³-hybridized carbons (Fsp3) is 0.185. The number of benzene rings is 2. The maximum atomic E-state index is 5.86. The van der Waals surface area contributed by atoms with Gasteiger partial charge >= 0.3 is 0 Å². The van der Waals surface area contributed by atoms with E-state index in [-0.39, 0.29) is 12.1 Å². The zero-order chi connectivity index (χ0) is 23.5. The highest BCUT2D eigenvalue weighted by Gasteiger charge is 2.42. The van der Waals surface area contributed by atoms with E-state index >= 15 is 0 Å². The lowest BCUT2D eigenvalue weighted by Gasteiger charge is -2.29. The summed E-state index contributed by atoms with van der Waals surface area (Å²) in [6, 6.07) is 26.0. The molecule has 1 fully saturated rings. The Morgan fingerprint density at radius 1 is 0.941 bits per heavy atom. The normalized spacial score (nSPS) is 17.5. The van der Waals surface area contributed by atoms with Gasteiger partial charge in [-0.25, -0.2) is 0 Å². The van der Waals surface area contributed by atoms with Crippen molar-refractivity contribution in [1.29, 1.82) is 0 Å². The largest absolute Gasteiger partial charge is 0.497 e. The second-order valence-electron chi connectivity index (χ2n) is 7.93. The molecule has 0 unspecified atom stereocenters. The van der Waals surface area contributed by atoms with Crippen LogP contribution in [0.2, 0.25) is 0 Å². The molecule has 5 rings (SSSR count). The number of rotatable bonds is 7. The topological polar surface area (TPSA) is 51.5 Å². The number of ether oxygens (including phenoxy) is 2. The summed E-state index contributed by atoms with van der Waals surface area (Å²) in [5.41, 5.74) is 4.03. The molecule has 4 aromatic rings. The fourth-order valence-corrected chi connectivity index (χ4v) is 4.78. The average molecular weight is 471 g/mol. The van der Waals surface area contributed by atoms with Gasteiger partial charge in [-0.1, -0.05) is 12.1 Å². The summed E-state index contributed by atoms with van der Waals surface area (Å²) < 4.78 is 13.3. The van der Waals surface area contributed by atoms with Crippen LogP contribution in [0.25, 0.3) is 5.69 Å². The van der Waals surface area contributed by atoms with E-state index in [1.54, 1.807) is 7.11 Å². The van der Waals surface area contributed by atoms with E-state index in [1.807, 2.05) is 61.7 Å². The molecule has 0 aliphatic carbocycles. The number of nitrogens with zero attached hydrogens (tertiary/aromatic N) is 3. The van der Waals surface area contributed by atoms with Crippen LogP contribution in [0.4, 0.5) is 5.69 Å². The van der Waals surface area contributed by atoms with E-state index in [0.29, 0.717) is 11.7 Å². The van der Waals surface area contributed by atoms with E-state index in [2.05, 4.69) is 56.3 Å². The number of pyridine rings is 1. The standard InChI is InChI=1S/C27H26N4O2S/c1-3-33-21-14-12-19(13-15-21)30-17-7-11-24(30)26-25(23-10-4-5-16-28-23)29-27(34)31(26)20-8-6-9-22(18-20)32-2/h4-18,25-26H,3H2,1-2H3,(H,29,34)/t25-,26+/m0/s1. The quantitative estimate of drug-likeness (QED) is 0.362. The van der Waals surface area contributed by atoms with Gasteiger partial charge in [0.2, 0.25) is 0 Å². The highest BCUT2D eigenvalue weighted by atomic mass is 32.1. The molecule has 0 radical (unpaired) electrons. The minimum Gasteiger partial charge on any atom is -0.497 e. The van der Waals surface area contributed by atoms with Crippen molar-refractivity contribution in [3.05, 3.63) is 103 Å². The lowest BCUT2D eigenvalue weighted by Crippen LogP contribution is -2.30. The molecule has 172 valence electrons. The molecule has 7 heteroatoms. The second-order valence-corrected chi connectivity index (χ2v) is 8.31. The van der Waals surface area contributed by atoms with Crippen molar-refractivity contribution < 1.29 is 9.47 Å². The van der Waals surface area contributed by atoms with Gasteiger partial charge in [0, 0.05) is 35.5 Å². The Kier molecular flexibility index (Phi) is 6.18. The van der Waals surface area contributed by atoms with Crippen LogP contribution < -0.4 is 19.7 Å². The first-order valence-corrected chi connectivity index (χ1v) is 11.7. The molecule has 2 aromatic carbocycles. The number of hydrogen-bond donors (Lipinski definition) is 1. The van der Waals surface area contributed by atoms with Gasteiger partial charge in [0.15, 0.2) is 5.11 Å². The summed E-state index contributed by atoms with van der Waals surface area (Å²) in [5.74, 6) is 1.63. The summed E-state index contributed by atoms with van der Waals surface area (Å²) in [7, 11) is 1.67. The van der Waals surface area contributed by atoms with Crippen LogP contribution in [0.3, 0.4) is 0 Å². The molecule has 1 aliphatic heterocycles. The van der Waals surface area contributed by atoms with E-state index in [4.69, 9.17) is 21.7 Å². The number of anilines is 1. The van der Waals surface area contributed by atoms with Crippen molar-refractivity contribution in [3.63, 3.8) is 0 Å². The first-order valence-electron chi connectivity index (χ1n) is 11.2. The zero-order valence-corrected chi connectivity index (χ0v) is 19.9. The Bertz CT molecular complexity index is 1270. The Morgan fingerprint density at radius 2 is 1.79 bits per heavy atom. The molecule has 0 amide bonds. The Labute approximate surface area is 204 Å². The number of hydrogen-bond acceptors (Lipinski definition) is 4. The Balaban J connectivity index is 1.62. The number of methoxy groups -OCH3 is 1. The Morgan fingerprint density at radius 3 is 2.53 bits per heavy atom. The number of thiocarbonyl (C=S) groups is 1. The fourth-order valence-electron chi connectivity index (χ4n) is 4.43. The summed E-state index contributed by atoms with van der Waals surface area (Å²) in [6.45, 7) is 2.62. The van der Waals surface area contributed by atoms with E-state index in [1.165, 1.54) is 0 Å². The van der Waals surface area contributed by atoms with E-state index in [0.717, 1.165) is 34.3 Å². The molecule has 34 heavy (non-hydrogen) atoms. The molecule has 2 aromatic heterocycles. The molecule has 1 N–H and O–H groups in total. The first-order chi connectivity index (χ1) is 16.7. The zero-order valence-electron chi connectivity index (χ0n) is 19.1. The number of aromatic nitrogens is 2. The number of nitrogens with one attached hydrogen (secondary N) is 1. The van der Waals surface area contributed by atoms with Gasteiger partial charge in [0.05, 0.1) is 25.5 Å². The summed E-state index contributed by atoms with van der Waals surface area (Å²) >= 11 is 5.86. The molecule has 0 spiro atoms. The average Bonchev–Trinajstić information content (AvgIpc) is 3.49. The Hall–Kier alpha value is -3.84. The van der Waals surface area contributed by atoms with Crippen molar-refractivity contribution in [1.82, 2.24) is 14.9 Å². The maximum Gasteiger partial charge on any atom is 0.174 e. The van der Waals surface area contributed by atoms with E-state index in [9.17, 15) is 0 Å². The lowest BCUT2D eigenvalue weighted by atomic mass is 10.0. The van der Waals surface area contributed by atoms with Crippen LogP contribution >= 0.6 is 12.2 Å². The van der Waals surface area contributed by atoms with Crippen molar-refractivity contribution in [2.24, 2.45) is 0 Å². The second kappa shape index (κ2) is 9.57. The van der Waals surface area contributed by atoms with Gasteiger partial charge in [-0.05, 0) is 79.8 Å². The molecule has 0 bridgehead atoms. The molecule has 3 heterocycles. The summed E-state index contributed by atoms with van der Waals surface area (Å²) in [5, 5.41) is 4.17. The van der Waals surface area contributed by atoms with Crippen LogP contribution in [0.1, 0.15) is 30.4 Å². The van der Waals surface area contributed by atoms with Crippen LogP contribution in [0.5, 0.6) is 11.5 Å². The SMILES string of the molecule is CCOc1ccc(-n2cccc2[C@@H]2[C@H](c3ccccn3)NC(=S)N2c2cccc(OC)c2)cc1. The van der Waals surface area contributed by atoms with Crippen LogP contribution in [-0.4, -0.2) is 28.4 Å². The molecule has 1 aliphatic rings. The van der Waals surface area contributed by atoms with Crippen molar-refractivity contribution >= 4 is 23.0 Å². The monoisotopic (exact) mass is 470 g/mol. The first kappa shape index (κ1) is 22.0. The predicted octanol–water partition coefficient (Wildman–Crippen LogP) is 5.46. The van der Waals surface area contributed by atoms with Crippen LogP contribution in [0, 0.1) is 0 Å². The molecular formula is C27H26N4O2S. The maximum absolute atomic E-state index is 5.86. The van der Waals surface area contributed by atoms with Gasteiger partial charge in [-0.3, -0.25) is 4.98 Å². The van der Waals surface area contributed by atoms with Gasteiger partial charge in [-0.2, -0.15) is 0 Å². The molecule has 0 saturated carbocycles. The third kappa shape index (κ3) is 4.10. The molecule has 2 atom stereocenters. The van der Waals surface area contributed by atoms with Crippen molar-refractivity contribution in [2.75, 3.05) is 18.6 Å². The summed E-state index contributed by atoms with van der Waals surface area (Å²) in [6.07, 6.45) is 3.89. The van der Waals surface area contributed by atoms with Crippen molar-refractivity contribution in [3.8, 4) is 17.2 Å². The van der Waals surface area contributed by atoms with Gasteiger partial charge in [-0.15, -0.1) is 0 Å². The van der Waals surface area contributed by atoms with Gasteiger partial charge in [0.25, 0.3) is 0 Å².